The summed E-state index contributed by atoms with van der Waals surface area (Å²) in [5.74, 6) is 0.0103. The van der Waals surface area contributed by atoms with Crippen LogP contribution in [0.5, 0.6) is 0 Å². The first-order valence-corrected chi connectivity index (χ1v) is 6.36. The highest BCUT2D eigenvalue weighted by Gasteiger charge is 2.26. The molecule has 0 aromatic carbocycles. The van der Waals surface area contributed by atoms with Crippen molar-refractivity contribution in [1.29, 1.82) is 0 Å². The molecule has 1 saturated carbocycles. The van der Waals surface area contributed by atoms with Crippen molar-refractivity contribution in [3.63, 3.8) is 0 Å². The minimum atomic E-state index is -0.460. The van der Waals surface area contributed by atoms with E-state index in [4.69, 9.17) is 5.73 Å². The third kappa shape index (κ3) is 5.17. The van der Waals surface area contributed by atoms with Crippen molar-refractivity contribution in [1.82, 2.24) is 10.6 Å². The van der Waals surface area contributed by atoms with Gasteiger partial charge in [0.1, 0.15) is 6.04 Å². The fourth-order valence-corrected chi connectivity index (χ4v) is 1.58. The van der Waals surface area contributed by atoms with E-state index in [2.05, 4.69) is 10.6 Å². The Hall–Kier alpha value is -1.10. The first-order chi connectivity index (χ1) is 8.06. The molecule has 1 aliphatic carbocycles. The predicted octanol–water partition coefficient (Wildman–Crippen LogP) is 0.145. The highest BCUT2D eigenvalue weighted by Crippen LogP contribution is 2.18. The van der Waals surface area contributed by atoms with Crippen molar-refractivity contribution in [3.8, 4) is 0 Å². The molecule has 1 aliphatic rings. The number of nitrogens with two attached hydrogens (primary N) is 1. The summed E-state index contributed by atoms with van der Waals surface area (Å²) in [5.41, 5.74) is 5.54. The van der Waals surface area contributed by atoms with Gasteiger partial charge in [-0.2, -0.15) is 0 Å². The second-order valence-corrected chi connectivity index (χ2v) is 4.79. The van der Waals surface area contributed by atoms with Crippen molar-refractivity contribution >= 4 is 11.8 Å². The topological polar surface area (TPSA) is 84.2 Å². The maximum absolute atomic E-state index is 11.6. The van der Waals surface area contributed by atoms with E-state index in [1.54, 1.807) is 6.92 Å². The number of carbonyl (C=O) groups excluding carboxylic acids is 2. The zero-order valence-corrected chi connectivity index (χ0v) is 10.7. The summed E-state index contributed by atoms with van der Waals surface area (Å²) in [4.78, 5) is 23.2. The van der Waals surface area contributed by atoms with Gasteiger partial charge in [-0.3, -0.25) is 9.59 Å². The molecule has 0 saturated heterocycles. The van der Waals surface area contributed by atoms with Crippen LogP contribution in [0.1, 0.15) is 39.5 Å². The Morgan fingerprint density at radius 2 is 2.06 bits per heavy atom. The number of amides is 2. The van der Waals surface area contributed by atoms with Crippen LogP contribution in [0, 0.1) is 5.92 Å². The van der Waals surface area contributed by atoms with E-state index in [1.807, 2.05) is 6.92 Å². The summed E-state index contributed by atoms with van der Waals surface area (Å²) in [5, 5.41) is 5.57. The van der Waals surface area contributed by atoms with Gasteiger partial charge < -0.3 is 16.4 Å². The van der Waals surface area contributed by atoms with Gasteiger partial charge in [0.15, 0.2) is 0 Å². The molecule has 2 amide bonds. The van der Waals surface area contributed by atoms with Crippen LogP contribution in [0.4, 0.5) is 0 Å². The SMILES string of the molecule is CCC(CN)CC(=O)NC(C)C(=O)NC1CC1. The number of hydrogen-bond donors (Lipinski definition) is 3. The lowest BCUT2D eigenvalue weighted by Gasteiger charge is -2.16. The number of hydrogen-bond acceptors (Lipinski definition) is 3. The smallest absolute Gasteiger partial charge is 0.242 e. The lowest BCUT2D eigenvalue weighted by Crippen LogP contribution is -2.46. The van der Waals surface area contributed by atoms with Crippen molar-refractivity contribution in [3.05, 3.63) is 0 Å². The fraction of sp³-hybridized carbons (Fsp3) is 0.833. The molecule has 5 heteroatoms. The minimum Gasteiger partial charge on any atom is -0.352 e. The molecule has 0 aromatic heterocycles. The third-order valence-electron chi connectivity index (χ3n) is 3.08. The maximum atomic E-state index is 11.6. The fourth-order valence-electron chi connectivity index (χ4n) is 1.58. The summed E-state index contributed by atoms with van der Waals surface area (Å²) in [7, 11) is 0. The Bertz CT molecular complexity index is 273. The molecule has 0 spiro atoms. The van der Waals surface area contributed by atoms with Gasteiger partial charge in [-0.1, -0.05) is 13.3 Å². The summed E-state index contributed by atoms with van der Waals surface area (Å²) >= 11 is 0. The molecule has 0 aromatic rings. The van der Waals surface area contributed by atoms with Crippen LogP contribution in [0.2, 0.25) is 0 Å². The van der Waals surface area contributed by atoms with Gasteiger partial charge in [0.2, 0.25) is 11.8 Å². The van der Waals surface area contributed by atoms with Gasteiger partial charge in [-0.05, 0) is 32.2 Å². The van der Waals surface area contributed by atoms with Crippen LogP contribution >= 0.6 is 0 Å². The molecule has 0 bridgehead atoms. The molecule has 0 aliphatic heterocycles. The Labute approximate surface area is 103 Å². The van der Waals surface area contributed by atoms with E-state index in [0.717, 1.165) is 19.3 Å². The highest BCUT2D eigenvalue weighted by atomic mass is 16.2. The second kappa shape index (κ2) is 6.59. The Morgan fingerprint density at radius 3 is 2.53 bits per heavy atom. The molecule has 2 unspecified atom stereocenters. The number of rotatable bonds is 7. The van der Waals surface area contributed by atoms with Crippen LogP contribution in [0.15, 0.2) is 0 Å². The third-order valence-corrected chi connectivity index (χ3v) is 3.08. The standard InChI is InChI=1S/C12H23N3O2/c1-3-9(7-13)6-11(16)14-8(2)12(17)15-10-4-5-10/h8-10H,3-7,13H2,1-2H3,(H,14,16)(H,15,17). The van der Waals surface area contributed by atoms with E-state index in [1.165, 1.54) is 0 Å². The van der Waals surface area contributed by atoms with Gasteiger partial charge in [-0.15, -0.1) is 0 Å². The van der Waals surface area contributed by atoms with Crippen LogP contribution in [0.3, 0.4) is 0 Å². The van der Waals surface area contributed by atoms with Crippen LogP contribution in [-0.2, 0) is 9.59 Å². The van der Waals surface area contributed by atoms with Gasteiger partial charge in [0.05, 0.1) is 0 Å². The number of carbonyl (C=O) groups is 2. The Balaban J connectivity index is 2.25. The van der Waals surface area contributed by atoms with Gasteiger partial charge in [-0.25, -0.2) is 0 Å². The average molecular weight is 241 g/mol. The molecule has 1 fully saturated rings. The Kier molecular flexibility index (Phi) is 5.41. The molecule has 2 atom stereocenters. The maximum Gasteiger partial charge on any atom is 0.242 e. The summed E-state index contributed by atoms with van der Waals surface area (Å²) in [6.07, 6.45) is 3.38. The summed E-state index contributed by atoms with van der Waals surface area (Å²) in [6.45, 7) is 4.22. The lowest BCUT2D eigenvalue weighted by atomic mass is 10.0. The first-order valence-electron chi connectivity index (χ1n) is 6.36. The monoisotopic (exact) mass is 241 g/mol. The zero-order chi connectivity index (χ0) is 12.8. The van der Waals surface area contributed by atoms with E-state index >= 15 is 0 Å². The van der Waals surface area contributed by atoms with Gasteiger partial charge in [0.25, 0.3) is 0 Å². The molecule has 5 nitrogen and oxygen atoms in total. The molecular formula is C12H23N3O2. The van der Waals surface area contributed by atoms with Crippen molar-refractivity contribution in [2.45, 2.75) is 51.6 Å². The van der Waals surface area contributed by atoms with Crippen LogP contribution < -0.4 is 16.4 Å². The molecule has 4 N–H and O–H groups in total. The first kappa shape index (κ1) is 14.0. The Morgan fingerprint density at radius 1 is 1.41 bits per heavy atom. The van der Waals surface area contributed by atoms with Crippen LogP contribution in [-0.4, -0.2) is 30.4 Å². The van der Waals surface area contributed by atoms with E-state index in [0.29, 0.717) is 19.0 Å². The molecular weight excluding hydrogens is 218 g/mol. The average Bonchev–Trinajstić information content (AvgIpc) is 3.09. The lowest BCUT2D eigenvalue weighted by molar-refractivity contribution is -0.129. The van der Waals surface area contributed by atoms with Crippen LogP contribution in [0.25, 0.3) is 0 Å². The molecule has 17 heavy (non-hydrogen) atoms. The minimum absolute atomic E-state index is 0.0957. The molecule has 98 valence electrons. The molecule has 1 rings (SSSR count). The zero-order valence-electron chi connectivity index (χ0n) is 10.7. The normalized spacial score (nSPS) is 18.3. The molecule has 0 radical (unpaired) electrons. The number of nitrogens with one attached hydrogen (secondary N) is 2. The predicted molar refractivity (Wildman–Crippen MR) is 66.2 cm³/mol. The van der Waals surface area contributed by atoms with E-state index in [-0.39, 0.29) is 17.7 Å². The van der Waals surface area contributed by atoms with Crippen molar-refractivity contribution < 1.29 is 9.59 Å². The van der Waals surface area contributed by atoms with E-state index in [9.17, 15) is 9.59 Å². The van der Waals surface area contributed by atoms with Gasteiger partial charge in [0, 0.05) is 12.5 Å². The summed E-state index contributed by atoms with van der Waals surface area (Å²) in [6, 6.07) is -0.132. The van der Waals surface area contributed by atoms with E-state index < -0.39 is 6.04 Å². The quantitative estimate of drug-likeness (QED) is 0.593. The molecule has 0 heterocycles. The van der Waals surface area contributed by atoms with Crippen molar-refractivity contribution in [2.24, 2.45) is 11.7 Å². The summed E-state index contributed by atoms with van der Waals surface area (Å²) < 4.78 is 0. The highest BCUT2D eigenvalue weighted by molar-refractivity contribution is 5.87. The van der Waals surface area contributed by atoms with Crippen molar-refractivity contribution in [2.75, 3.05) is 6.54 Å². The van der Waals surface area contributed by atoms with Gasteiger partial charge >= 0.3 is 0 Å². The second-order valence-electron chi connectivity index (χ2n) is 4.79. The largest absolute Gasteiger partial charge is 0.352 e.